The van der Waals surface area contributed by atoms with Crippen molar-refractivity contribution in [2.45, 2.75) is 44.9 Å². The van der Waals surface area contributed by atoms with Crippen LogP contribution in [0.4, 0.5) is 0 Å². The fourth-order valence-electron chi connectivity index (χ4n) is 5.71. The predicted octanol–water partition coefficient (Wildman–Crippen LogP) is 5.16. The van der Waals surface area contributed by atoms with Gasteiger partial charge >= 0.3 is 5.97 Å². The highest BCUT2D eigenvalue weighted by Crippen LogP contribution is 2.30. The number of aromatic carboxylic acids is 1. The molecule has 2 aromatic heterocycles. The van der Waals surface area contributed by atoms with Crippen molar-refractivity contribution in [1.82, 2.24) is 14.8 Å². The molecule has 2 aromatic carbocycles. The summed E-state index contributed by atoms with van der Waals surface area (Å²) in [6.07, 6.45) is 4.81. The Morgan fingerprint density at radius 3 is 2.48 bits per heavy atom. The van der Waals surface area contributed by atoms with E-state index in [0.29, 0.717) is 24.3 Å². The summed E-state index contributed by atoms with van der Waals surface area (Å²) in [6, 6.07) is 13.1. The summed E-state index contributed by atoms with van der Waals surface area (Å²) in [4.78, 5) is 19.0. The van der Waals surface area contributed by atoms with Crippen molar-refractivity contribution in [2.75, 3.05) is 46.4 Å². The van der Waals surface area contributed by atoms with Crippen LogP contribution in [0.1, 0.15) is 42.2 Å². The molecule has 2 fully saturated rings. The Hall–Kier alpha value is -2.99. The average Bonchev–Trinajstić information content (AvgIpc) is 3.62. The molecule has 4 aromatic rings. The number of aromatic amines is 1. The number of aliphatic hydroxyl groups is 1. The van der Waals surface area contributed by atoms with Crippen molar-refractivity contribution in [3.05, 3.63) is 60.0 Å². The first-order chi connectivity index (χ1) is 20.3. The number of aliphatic hydroxyl groups excluding tert-OH is 1. The first-order valence-electron chi connectivity index (χ1n) is 14.7. The van der Waals surface area contributed by atoms with E-state index in [2.05, 4.69) is 21.7 Å². The van der Waals surface area contributed by atoms with Crippen LogP contribution in [-0.2, 0) is 6.61 Å². The number of furan rings is 1. The van der Waals surface area contributed by atoms with E-state index in [-0.39, 0.29) is 36.6 Å². The molecular formula is C32H44Cl2N4O6. The third kappa shape index (κ3) is 8.80. The van der Waals surface area contributed by atoms with Crippen LogP contribution in [0, 0.1) is 5.92 Å². The lowest BCUT2D eigenvalue weighted by molar-refractivity contribution is 0.0304. The fourth-order valence-corrected chi connectivity index (χ4v) is 5.71. The fraction of sp³-hybridized carbons (Fsp3) is 0.469. The van der Waals surface area contributed by atoms with Gasteiger partial charge in [0.1, 0.15) is 29.4 Å². The predicted molar refractivity (Wildman–Crippen MR) is 177 cm³/mol. The van der Waals surface area contributed by atoms with Crippen LogP contribution in [-0.4, -0.2) is 89.5 Å². The molecule has 0 unspecified atom stereocenters. The number of hydrogen-bond acceptors (Lipinski definition) is 8. The maximum Gasteiger partial charge on any atom is 0.352 e. The standard InChI is InChI=1S/C19H15NO5.C13H27N3O.2ClH/c1-23-12-5-6-13-11(10-25-18(13)7-12)9-24-17-4-2-3-15-14(17)8-16(20-15)19(21)22;1-11-10-16(7-4-13(11)17)9-8-15-5-2-12(14)3-6-15;;/h2-8,10,20H,9H2,1H3,(H,21,22);11-13,17H,2-10,14H2,1H3;2*1H/t;11-,13-;;/m.0../s1. The van der Waals surface area contributed by atoms with Gasteiger partial charge in [0.05, 0.1) is 19.5 Å². The van der Waals surface area contributed by atoms with Gasteiger partial charge in [0, 0.05) is 60.1 Å². The molecule has 2 saturated heterocycles. The Morgan fingerprint density at radius 1 is 1.05 bits per heavy atom. The molecule has 0 amide bonds. The van der Waals surface area contributed by atoms with Gasteiger partial charge in [-0.3, -0.25) is 0 Å². The monoisotopic (exact) mass is 650 g/mol. The zero-order valence-electron chi connectivity index (χ0n) is 25.2. The Morgan fingerprint density at radius 2 is 1.77 bits per heavy atom. The van der Waals surface area contributed by atoms with Gasteiger partial charge in [0.25, 0.3) is 0 Å². The molecule has 0 spiro atoms. The van der Waals surface area contributed by atoms with Gasteiger partial charge < -0.3 is 44.6 Å². The Bertz CT molecular complexity index is 1490. The summed E-state index contributed by atoms with van der Waals surface area (Å²) < 4.78 is 16.7. The summed E-state index contributed by atoms with van der Waals surface area (Å²) in [5.74, 6) is 0.771. The number of carbonyl (C=O) groups is 1. The van der Waals surface area contributed by atoms with Crippen molar-refractivity contribution in [3.63, 3.8) is 0 Å². The number of nitrogens with two attached hydrogens (primary N) is 1. The van der Waals surface area contributed by atoms with Crippen LogP contribution in [0.2, 0.25) is 0 Å². The minimum absolute atomic E-state index is 0. The minimum atomic E-state index is -1.00. The van der Waals surface area contributed by atoms with Gasteiger partial charge in [-0.1, -0.05) is 13.0 Å². The van der Waals surface area contributed by atoms with E-state index in [0.717, 1.165) is 91.7 Å². The molecule has 12 heteroatoms. The number of carboxylic acids is 1. The molecule has 6 rings (SSSR count). The van der Waals surface area contributed by atoms with Gasteiger partial charge in [0.15, 0.2) is 0 Å². The first kappa shape index (κ1) is 35.5. The highest BCUT2D eigenvalue weighted by Gasteiger charge is 2.24. The number of benzene rings is 2. The highest BCUT2D eigenvalue weighted by atomic mass is 35.5. The summed E-state index contributed by atoms with van der Waals surface area (Å²) in [5.41, 5.74) is 8.39. The molecule has 0 bridgehead atoms. The molecule has 2 aliphatic heterocycles. The number of H-pyrrole nitrogens is 1. The van der Waals surface area contributed by atoms with Crippen molar-refractivity contribution in [3.8, 4) is 11.5 Å². The lowest BCUT2D eigenvalue weighted by atomic mass is 9.97. The number of ether oxygens (including phenoxy) is 2. The summed E-state index contributed by atoms with van der Waals surface area (Å²) >= 11 is 0. The van der Waals surface area contributed by atoms with Gasteiger partial charge in [-0.15, -0.1) is 24.8 Å². The third-order valence-corrected chi connectivity index (χ3v) is 8.41. The second kappa shape index (κ2) is 16.4. The van der Waals surface area contributed by atoms with E-state index >= 15 is 0 Å². The molecule has 2 aliphatic rings. The quantitative estimate of drug-likeness (QED) is 0.204. The van der Waals surface area contributed by atoms with E-state index < -0.39 is 5.97 Å². The van der Waals surface area contributed by atoms with Crippen LogP contribution in [0.3, 0.4) is 0 Å². The molecular weight excluding hydrogens is 607 g/mol. The Balaban J connectivity index is 0.000000246. The Labute approximate surface area is 270 Å². The number of methoxy groups -OCH3 is 1. The van der Waals surface area contributed by atoms with Gasteiger partial charge in [-0.05, 0) is 68.6 Å². The summed E-state index contributed by atoms with van der Waals surface area (Å²) in [6.45, 7) is 9.19. The van der Waals surface area contributed by atoms with Crippen LogP contribution >= 0.6 is 24.8 Å². The van der Waals surface area contributed by atoms with Gasteiger partial charge in [0.2, 0.25) is 0 Å². The first-order valence-corrected chi connectivity index (χ1v) is 14.7. The molecule has 242 valence electrons. The summed E-state index contributed by atoms with van der Waals surface area (Å²) in [5, 5.41) is 20.5. The average molecular weight is 652 g/mol. The lowest BCUT2D eigenvalue weighted by Crippen LogP contribution is -2.47. The topological polar surface area (TPSA) is 137 Å². The summed E-state index contributed by atoms with van der Waals surface area (Å²) in [7, 11) is 1.61. The molecule has 0 saturated carbocycles. The SMILES string of the molecule is COc1ccc2c(COc3cccc4[nH]c(C(=O)O)cc34)coc2c1.C[C@H]1CN(CCN2CCC(N)CC2)CC[C@@H]1O.Cl.Cl. The number of nitrogens with one attached hydrogen (secondary N) is 1. The van der Waals surface area contributed by atoms with Crippen molar-refractivity contribution in [2.24, 2.45) is 11.7 Å². The van der Waals surface area contributed by atoms with Crippen LogP contribution in [0.15, 0.2) is 53.1 Å². The molecule has 10 nitrogen and oxygen atoms in total. The van der Waals surface area contributed by atoms with Crippen LogP contribution in [0.25, 0.3) is 21.9 Å². The number of piperidine rings is 2. The van der Waals surface area contributed by atoms with Crippen molar-refractivity contribution in [1.29, 1.82) is 0 Å². The van der Waals surface area contributed by atoms with E-state index in [4.69, 9.17) is 24.7 Å². The molecule has 4 heterocycles. The van der Waals surface area contributed by atoms with Crippen molar-refractivity contribution >= 4 is 52.7 Å². The number of likely N-dealkylation sites (tertiary alicyclic amines) is 2. The van der Waals surface area contributed by atoms with Gasteiger partial charge in [-0.25, -0.2) is 4.79 Å². The van der Waals surface area contributed by atoms with E-state index in [1.165, 1.54) is 0 Å². The number of aromatic nitrogens is 1. The Kier molecular flexibility index (Phi) is 13.2. The van der Waals surface area contributed by atoms with E-state index in [1.54, 1.807) is 19.4 Å². The molecule has 5 N–H and O–H groups in total. The van der Waals surface area contributed by atoms with E-state index in [9.17, 15) is 9.90 Å². The lowest BCUT2D eigenvalue weighted by Gasteiger charge is -2.36. The second-order valence-electron chi connectivity index (χ2n) is 11.4. The number of rotatable bonds is 8. The number of hydrogen-bond donors (Lipinski definition) is 4. The minimum Gasteiger partial charge on any atom is -0.497 e. The van der Waals surface area contributed by atoms with E-state index in [1.807, 2.05) is 36.4 Å². The largest absolute Gasteiger partial charge is 0.497 e. The molecule has 2 atom stereocenters. The molecule has 0 radical (unpaired) electrons. The maximum atomic E-state index is 11.1. The van der Waals surface area contributed by atoms with Crippen molar-refractivity contribution < 1.29 is 28.9 Å². The van der Waals surface area contributed by atoms with Crippen LogP contribution in [0.5, 0.6) is 11.5 Å². The van der Waals surface area contributed by atoms with Gasteiger partial charge in [-0.2, -0.15) is 0 Å². The smallest absolute Gasteiger partial charge is 0.352 e. The number of nitrogens with zero attached hydrogens (tertiary/aromatic N) is 2. The normalized spacial score (nSPS) is 19.5. The second-order valence-corrected chi connectivity index (χ2v) is 11.4. The third-order valence-electron chi connectivity index (χ3n) is 8.41. The zero-order valence-corrected chi connectivity index (χ0v) is 26.9. The highest BCUT2D eigenvalue weighted by molar-refractivity contribution is 5.96. The zero-order chi connectivity index (χ0) is 29.6. The number of fused-ring (bicyclic) bond motifs is 2. The molecule has 44 heavy (non-hydrogen) atoms. The molecule has 0 aliphatic carbocycles. The maximum absolute atomic E-state index is 11.1. The number of carboxylic acid groups (broad SMARTS) is 1. The number of halogens is 2. The van der Waals surface area contributed by atoms with Crippen LogP contribution < -0.4 is 15.2 Å².